The van der Waals surface area contributed by atoms with Gasteiger partial charge in [0.25, 0.3) is 0 Å². The molecule has 0 radical (unpaired) electrons. The molecule has 4 atom stereocenters. The van der Waals surface area contributed by atoms with E-state index in [9.17, 15) is 9.59 Å². The average molecular weight is 589 g/mol. The second kappa shape index (κ2) is 12.0. The first-order valence-electron chi connectivity index (χ1n) is 15.2. The third-order valence-corrected chi connectivity index (χ3v) is 9.57. The molecule has 2 fully saturated rings. The van der Waals surface area contributed by atoms with Crippen molar-refractivity contribution in [3.05, 3.63) is 47.0 Å². The van der Waals surface area contributed by atoms with E-state index >= 15 is 0 Å². The molecule has 42 heavy (non-hydrogen) atoms. The Balaban J connectivity index is 1.31. The van der Waals surface area contributed by atoms with Crippen LogP contribution in [-0.2, 0) is 9.59 Å². The van der Waals surface area contributed by atoms with Crippen molar-refractivity contribution < 1.29 is 19.1 Å². The van der Waals surface area contributed by atoms with Gasteiger partial charge in [-0.25, -0.2) is 9.97 Å². The van der Waals surface area contributed by atoms with Gasteiger partial charge in [0.2, 0.25) is 11.8 Å². The predicted molar refractivity (Wildman–Crippen MR) is 165 cm³/mol. The van der Waals surface area contributed by atoms with Crippen LogP contribution in [0.15, 0.2) is 35.7 Å². The molecule has 1 saturated heterocycles. The Bertz CT molecular complexity index is 1520. The minimum atomic E-state index is -0.530. The second-order valence-electron chi connectivity index (χ2n) is 12.1. The lowest BCUT2D eigenvalue weighted by molar-refractivity contribution is -0.138. The van der Waals surface area contributed by atoms with Crippen LogP contribution in [0.2, 0.25) is 0 Å². The molecular formula is C33H40N4O4S. The number of benzene rings is 1. The van der Waals surface area contributed by atoms with Gasteiger partial charge in [-0.1, -0.05) is 32.4 Å². The Kier molecular flexibility index (Phi) is 8.21. The van der Waals surface area contributed by atoms with Gasteiger partial charge in [-0.2, -0.15) is 0 Å². The number of ether oxygens (including phenoxy) is 2. The first-order valence-corrected chi connectivity index (χ1v) is 16.1. The van der Waals surface area contributed by atoms with Gasteiger partial charge >= 0.3 is 0 Å². The molecule has 9 heteroatoms. The summed E-state index contributed by atoms with van der Waals surface area (Å²) in [4.78, 5) is 38.4. The predicted octanol–water partition coefficient (Wildman–Crippen LogP) is 6.17. The van der Waals surface area contributed by atoms with E-state index in [2.05, 4.69) is 36.7 Å². The van der Waals surface area contributed by atoms with E-state index in [1.807, 2.05) is 25.1 Å². The van der Waals surface area contributed by atoms with Crippen LogP contribution in [-0.4, -0.2) is 58.5 Å². The molecule has 0 spiro atoms. The van der Waals surface area contributed by atoms with Crippen LogP contribution < -0.4 is 14.8 Å². The number of hydrogen-bond donors (Lipinski definition) is 1. The number of hydrogen-bond acceptors (Lipinski definition) is 7. The van der Waals surface area contributed by atoms with E-state index in [4.69, 9.17) is 19.4 Å². The zero-order valence-corrected chi connectivity index (χ0v) is 25.7. The number of fused-ring (bicyclic) bond motifs is 3. The van der Waals surface area contributed by atoms with Gasteiger partial charge in [0, 0.05) is 41.3 Å². The number of aryl methyl sites for hydroxylation is 1. The number of pyridine rings is 1. The Hall–Kier alpha value is -3.46. The standard InChI is InChI=1S/C33H40N4O4S/c1-19(2)26-18-42-33(36-26)25-16-29(23-12-13-28(40-4)20(3)31(23)34-25)41-22-15-27-32(39)35-24-14-21(24)10-8-6-5-7-9-11-30(38)37(27)17-22/h8,10,12-13,16,18-19,21-22,24,27H,5-7,9,11,14-15,17H2,1-4H3,(H,35,39)/b10-8-/t21-,22-,24-,27+/m1/s1. The van der Waals surface area contributed by atoms with Crippen LogP contribution in [0, 0.1) is 12.8 Å². The van der Waals surface area contributed by atoms with Crippen LogP contribution in [0.25, 0.3) is 21.6 Å². The molecule has 1 N–H and O–H groups in total. The molecule has 1 aliphatic carbocycles. The van der Waals surface area contributed by atoms with Crippen molar-refractivity contribution in [1.29, 1.82) is 0 Å². The lowest BCUT2D eigenvalue weighted by Gasteiger charge is -2.24. The maximum absolute atomic E-state index is 13.5. The Morgan fingerprint density at radius 1 is 1.10 bits per heavy atom. The number of nitrogens with zero attached hydrogens (tertiary/aromatic N) is 3. The van der Waals surface area contributed by atoms with Crippen LogP contribution in [0.5, 0.6) is 11.5 Å². The van der Waals surface area contributed by atoms with Crippen LogP contribution in [0.3, 0.4) is 0 Å². The van der Waals surface area contributed by atoms with Gasteiger partial charge in [-0.05, 0) is 56.6 Å². The third-order valence-electron chi connectivity index (χ3n) is 8.69. The molecular weight excluding hydrogens is 548 g/mol. The second-order valence-corrected chi connectivity index (χ2v) is 13.0. The molecule has 2 amide bonds. The number of nitrogens with one attached hydrogen (secondary N) is 1. The molecule has 0 bridgehead atoms. The topological polar surface area (TPSA) is 93.6 Å². The van der Waals surface area contributed by atoms with Crippen molar-refractivity contribution >= 4 is 34.1 Å². The Morgan fingerprint density at radius 3 is 2.74 bits per heavy atom. The zero-order chi connectivity index (χ0) is 29.4. The normalized spacial score (nSPS) is 25.5. The molecule has 4 heterocycles. The van der Waals surface area contributed by atoms with Crippen molar-refractivity contribution in [1.82, 2.24) is 20.2 Å². The molecule has 1 aromatic carbocycles. The fourth-order valence-corrected chi connectivity index (χ4v) is 7.01. The Labute approximate surface area is 251 Å². The van der Waals surface area contributed by atoms with E-state index in [1.165, 1.54) is 0 Å². The number of carbonyl (C=O) groups excluding carboxylic acids is 2. The smallest absolute Gasteiger partial charge is 0.243 e. The highest BCUT2D eigenvalue weighted by Gasteiger charge is 2.44. The van der Waals surface area contributed by atoms with Gasteiger partial charge in [0.1, 0.15) is 34.3 Å². The maximum Gasteiger partial charge on any atom is 0.243 e. The monoisotopic (exact) mass is 588 g/mol. The van der Waals surface area contributed by atoms with Crippen LogP contribution in [0.1, 0.15) is 76.0 Å². The first kappa shape index (κ1) is 28.6. The minimum absolute atomic E-state index is 0.0334. The van der Waals surface area contributed by atoms with Gasteiger partial charge in [-0.15, -0.1) is 11.3 Å². The fourth-order valence-electron chi connectivity index (χ4n) is 6.06. The highest BCUT2D eigenvalue weighted by atomic mass is 32.1. The van der Waals surface area contributed by atoms with Gasteiger partial charge in [0.15, 0.2) is 0 Å². The minimum Gasteiger partial charge on any atom is -0.496 e. The lowest BCUT2D eigenvalue weighted by atomic mass is 10.1. The quantitative estimate of drug-likeness (QED) is 0.358. The highest BCUT2D eigenvalue weighted by Crippen LogP contribution is 2.38. The highest BCUT2D eigenvalue weighted by molar-refractivity contribution is 7.13. The van der Waals surface area contributed by atoms with Gasteiger partial charge in [0.05, 0.1) is 24.9 Å². The fraction of sp³-hybridized carbons (Fsp3) is 0.515. The summed E-state index contributed by atoms with van der Waals surface area (Å²) < 4.78 is 12.3. The van der Waals surface area contributed by atoms with Gasteiger partial charge in [-0.3, -0.25) is 9.59 Å². The summed E-state index contributed by atoms with van der Waals surface area (Å²) in [5.41, 5.74) is 3.49. The SMILES string of the molecule is COc1ccc2c(O[C@@H]3C[C@H]4C(=O)N[C@@H]5C[C@H]5/C=C\CCCCCC(=O)N4C3)cc(-c3nc(C(C)C)cs3)nc2c1C. The van der Waals surface area contributed by atoms with E-state index in [-0.39, 0.29) is 24.0 Å². The summed E-state index contributed by atoms with van der Waals surface area (Å²) >= 11 is 1.57. The number of thiazole rings is 1. The number of carbonyl (C=O) groups is 2. The van der Waals surface area contributed by atoms with Crippen molar-refractivity contribution in [2.45, 2.75) is 89.8 Å². The van der Waals surface area contributed by atoms with E-state index in [0.29, 0.717) is 37.0 Å². The summed E-state index contributed by atoms with van der Waals surface area (Å²) in [6, 6.07) is 5.48. The van der Waals surface area contributed by atoms with E-state index in [0.717, 1.165) is 70.7 Å². The molecule has 8 nitrogen and oxygen atoms in total. The van der Waals surface area contributed by atoms with Crippen molar-refractivity contribution in [3.63, 3.8) is 0 Å². The summed E-state index contributed by atoms with van der Waals surface area (Å²) in [5, 5.41) is 6.99. The summed E-state index contributed by atoms with van der Waals surface area (Å²) in [7, 11) is 1.66. The maximum atomic E-state index is 13.5. The summed E-state index contributed by atoms with van der Waals surface area (Å²) in [6.45, 7) is 6.64. The molecule has 3 aliphatic rings. The molecule has 6 rings (SSSR count). The van der Waals surface area contributed by atoms with Crippen molar-refractivity contribution in [2.75, 3.05) is 13.7 Å². The number of allylic oxidation sites excluding steroid dienone is 1. The molecule has 2 aliphatic heterocycles. The lowest BCUT2D eigenvalue weighted by Crippen LogP contribution is -2.46. The molecule has 222 valence electrons. The van der Waals surface area contributed by atoms with Crippen molar-refractivity contribution in [3.8, 4) is 22.2 Å². The van der Waals surface area contributed by atoms with Gasteiger partial charge < -0.3 is 19.7 Å². The average Bonchev–Trinajstić information content (AvgIpc) is 3.34. The largest absolute Gasteiger partial charge is 0.496 e. The first-order chi connectivity index (χ1) is 20.3. The van der Waals surface area contributed by atoms with Crippen LogP contribution >= 0.6 is 11.3 Å². The third kappa shape index (κ3) is 5.89. The van der Waals surface area contributed by atoms with E-state index in [1.54, 1.807) is 23.3 Å². The number of methoxy groups -OCH3 is 1. The summed E-state index contributed by atoms with van der Waals surface area (Å²) in [6.07, 6.45) is 9.99. The zero-order valence-electron chi connectivity index (χ0n) is 24.9. The Morgan fingerprint density at radius 2 is 1.95 bits per heavy atom. The molecule has 2 aromatic heterocycles. The number of rotatable bonds is 5. The van der Waals surface area contributed by atoms with E-state index < -0.39 is 6.04 Å². The molecule has 1 saturated carbocycles. The van der Waals surface area contributed by atoms with Crippen LogP contribution in [0.4, 0.5) is 0 Å². The van der Waals surface area contributed by atoms with Crippen molar-refractivity contribution in [2.24, 2.45) is 5.92 Å². The molecule has 3 aromatic rings. The number of aromatic nitrogens is 2. The molecule has 0 unspecified atom stereocenters. The summed E-state index contributed by atoms with van der Waals surface area (Å²) in [5.74, 6) is 2.12. The number of amides is 2.